The lowest BCUT2D eigenvalue weighted by Crippen LogP contribution is -2.70. The minimum Gasteiger partial charge on any atom is -0.493 e. The van der Waals surface area contributed by atoms with E-state index in [9.17, 15) is 18.0 Å². The van der Waals surface area contributed by atoms with Gasteiger partial charge in [0.15, 0.2) is 17.1 Å². The lowest BCUT2D eigenvalue weighted by molar-refractivity contribution is -0.309. The maximum absolute atomic E-state index is 12.9. The van der Waals surface area contributed by atoms with Gasteiger partial charge in [0, 0.05) is 32.0 Å². The normalized spacial score (nSPS) is 17.1. The molecule has 0 bridgehead atoms. The van der Waals surface area contributed by atoms with Crippen molar-refractivity contribution in [3.05, 3.63) is 18.2 Å². The number of benzene rings is 1. The lowest BCUT2D eigenvalue weighted by Gasteiger charge is -2.49. The molecule has 0 spiro atoms. The average Bonchev–Trinajstić information content (AvgIpc) is 2.48. The second-order valence-electron chi connectivity index (χ2n) is 5.46. The Labute approximate surface area is 137 Å². The van der Waals surface area contributed by atoms with Gasteiger partial charge in [-0.1, -0.05) is 0 Å². The summed E-state index contributed by atoms with van der Waals surface area (Å²) in [7, 11) is 3.97. The van der Waals surface area contributed by atoms with E-state index in [4.69, 9.17) is 9.47 Å². The molecular weight excluding hydrogens is 329 g/mol. The molecule has 0 saturated carbocycles. The van der Waals surface area contributed by atoms with Crippen molar-refractivity contribution >= 4 is 11.6 Å². The Morgan fingerprint density at radius 3 is 2.33 bits per heavy atom. The maximum Gasteiger partial charge on any atom is 0.419 e. The van der Waals surface area contributed by atoms with Crippen molar-refractivity contribution in [3.8, 4) is 11.5 Å². The van der Waals surface area contributed by atoms with Crippen LogP contribution >= 0.6 is 0 Å². The van der Waals surface area contributed by atoms with E-state index < -0.39 is 17.7 Å². The first-order chi connectivity index (χ1) is 11.2. The van der Waals surface area contributed by atoms with Crippen LogP contribution in [0.5, 0.6) is 11.5 Å². The predicted molar refractivity (Wildman–Crippen MR) is 80.4 cm³/mol. The zero-order valence-electron chi connectivity index (χ0n) is 13.6. The molecule has 1 aliphatic rings. The average molecular weight is 348 g/mol. The number of carbonyl (C=O) groups is 1. The largest absolute Gasteiger partial charge is 0.493 e. The molecule has 1 N–H and O–H groups in total. The molecule has 1 amide bonds. The standard InChI is InChI=1S/C15H19F3N2O4/c1-22-11-5-4-10(6-12(11)23-2)19-13(21)7-20-8-14(9-20,24-3)15(16,17)18/h4-6H,7-9H2,1-3H3,(H,19,21). The Bertz CT molecular complexity index is 601. The fraction of sp³-hybridized carbons (Fsp3) is 0.533. The highest BCUT2D eigenvalue weighted by Gasteiger charge is 2.62. The fourth-order valence-electron chi connectivity index (χ4n) is 2.53. The number of nitrogens with one attached hydrogen (secondary N) is 1. The van der Waals surface area contributed by atoms with E-state index in [-0.39, 0.29) is 19.6 Å². The number of hydrogen-bond donors (Lipinski definition) is 1. The zero-order chi connectivity index (χ0) is 18.0. The Morgan fingerprint density at radius 2 is 1.83 bits per heavy atom. The van der Waals surface area contributed by atoms with Crippen LogP contribution in [0.2, 0.25) is 0 Å². The number of alkyl halides is 3. The van der Waals surface area contributed by atoms with Crippen LogP contribution in [-0.4, -0.2) is 63.5 Å². The summed E-state index contributed by atoms with van der Waals surface area (Å²) < 4.78 is 53.5. The Kier molecular flexibility index (Phi) is 5.24. The number of amides is 1. The molecule has 134 valence electrons. The summed E-state index contributed by atoms with van der Waals surface area (Å²) in [5.74, 6) is 0.525. The number of carbonyl (C=O) groups excluding carboxylic acids is 1. The van der Waals surface area contributed by atoms with Crippen molar-refractivity contribution in [2.45, 2.75) is 11.8 Å². The Morgan fingerprint density at radius 1 is 1.21 bits per heavy atom. The number of ether oxygens (including phenoxy) is 3. The van der Waals surface area contributed by atoms with E-state index in [1.807, 2.05) is 0 Å². The fourth-order valence-corrected chi connectivity index (χ4v) is 2.53. The van der Waals surface area contributed by atoms with Crippen LogP contribution in [0.4, 0.5) is 18.9 Å². The van der Waals surface area contributed by atoms with Crippen LogP contribution in [0.3, 0.4) is 0 Å². The highest BCUT2D eigenvalue weighted by molar-refractivity contribution is 5.92. The van der Waals surface area contributed by atoms with E-state index in [1.165, 1.54) is 19.1 Å². The first kappa shape index (κ1) is 18.3. The summed E-state index contributed by atoms with van der Waals surface area (Å²) >= 11 is 0. The molecule has 0 atom stereocenters. The quantitative estimate of drug-likeness (QED) is 0.851. The van der Waals surface area contributed by atoms with Crippen LogP contribution in [0.1, 0.15) is 0 Å². The molecule has 1 saturated heterocycles. The van der Waals surface area contributed by atoms with Gasteiger partial charge < -0.3 is 19.5 Å². The molecule has 0 radical (unpaired) electrons. The topological polar surface area (TPSA) is 60.0 Å². The number of hydrogen-bond acceptors (Lipinski definition) is 5. The minimum absolute atomic E-state index is 0.157. The minimum atomic E-state index is -4.46. The first-order valence-corrected chi connectivity index (χ1v) is 7.11. The second-order valence-corrected chi connectivity index (χ2v) is 5.46. The molecular formula is C15H19F3N2O4. The van der Waals surface area contributed by atoms with Crippen LogP contribution in [0.15, 0.2) is 18.2 Å². The summed E-state index contributed by atoms with van der Waals surface area (Å²) in [6.07, 6.45) is -4.46. The second kappa shape index (κ2) is 6.86. The number of anilines is 1. The lowest BCUT2D eigenvalue weighted by atomic mass is 9.93. The van der Waals surface area contributed by atoms with E-state index in [1.54, 1.807) is 18.2 Å². The smallest absolute Gasteiger partial charge is 0.419 e. The Balaban J connectivity index is 1.91. The molecule has 2 rings (SSSR count). The summed E-state index contributed by atoms with van der Waals surface area (Å²) in [5.41, 5.74) is -1.72. The van der Waals surface area contributed by atoms with Crippen molar-refractivity contribution in [1.29, 1.82) is 0 Å². The molecule has 1 heterocycles. The number of halogens is 3. The monoisotopic (exact) mass is 348 g/mol. The van der Waals surface area contributed by atoms with E-state index in [0.717, 1.165) is 7.11 Å². The van der Waals surface area contributed by atoms with Crippen LogP contribution in [0.25, 0.3) is 0 Å². The van der Waals surface area contributed by atoms with E-state index in [0.29, 0.717) is 17.2 Å². The molecule has 1 fully saturated rings. The number of rotatable bonds is 6. The van der Waals surface area contributed by atoms with Gasteiger partial charge in [-0.3, -0.25) is 9.69 Å². The summed E-state index contributed by atoms with van der Waals surface area (Å²) in [6.45, 7) is -0.895. The molecule has 0 aliphatic carbocycles. The van der Waals surface area contributed by atoms with Gasteiger partial charge in [0.25, 0.3) is 0 Å². The van der Waals surface area contributed by atoms with E-state index >= 15 is 0 Å². The summed E-state index contributed by atoms with van der Waals surface area (Å²) in [6, 6.07) is 4.81. The van der Waals surface area contributed by atoms with Crippen molar-refractivity contribution in [3.63, 3.8) is 0 Å². The van der Waals surface area contributed by atoms with Gasteiger partial charge in [0.1, 0.15) is 0 Å². The van der Waals surface area contributed by atoms with Gasteiger partial charge in [-0.05, 0) is 12.1 Å². The predicted octanol–water partition coefficient (Wildman–Crippen LogP) is 1.91. The molecule has 1 aromatic rings. The number of nitrogens with zero attached hydrogens (tertiary/aromatic N) is 1. The van der Waals surface area contributed by atoms with Crippen molar-refractivity contribution < 1.29 is 32.2 Å². The molecule has 0 aromatic heterocycles. The zero-order valence-corrected chi connectivity index (χ0v) is 13.6. The third-order valence-corrected chi connectivity index (χ3v) is 3.90. The Hall–Kier alpha value is -2.00. The van der Waals surface area contributed by atoms with E-state index in [2.05, 4.69) is 10.1 Å². The highest BCUT2D eigenvalue weighted by Crippen LogP contribution is 2.40. The summed E-state index contributed by atoms with van der Waals surface area (Å²) in [4.78, 5) is 13.3. The third-order valence-electron chi connectivity index (χ3n) is 3.90. The first-order valence-electron chi connectivity index (χ1n) is 7.11. The maximum atomic E-state index is 12.9. The van der Waals surface area contributed by atoms with Gasteiger partial charge in [-0.2, -0.15) is 13.2 Å². The van der Waals surface area contributed by atoms with Gasteiger partial charge in [-0.25, -0.2) is 0 Å². The summed E-state index contributed by atoms with van der Waals surface area (Å²) in [5, 5.41) is 2.61. The van der Waals surface area contributed by atoms with Gasteiger partial charge in [-0.15, -0.1) is 0 Å². The SMILES string of the molecule is COc1ccc(NC(=O)CN2CC(OC)(C(F)(F)F)C2)cc1OC. The van der Waals surface area contributed by atoms with Crippen LogP contribution < -0.4 is 14.8 Å². The van der Waals surface area contributed by atoms with Gasteiger partial charge >= 0.3 is 6.18 Å². The highest BCUT2D eigenvalue weighted by atomic mass is 19.4. The molecule has 1 aliphatic heterocycles. The van der Waals surface area contributed by atoms with Gasteiger partial charge in [0.2, 0.25) is 5.91 Å². The molecule has 1 aromatic carbocycles. The third kappa shape index (κ3) is 3.57. The van der Waals surface area contributed by atoms with Crippen LogP contribution in [-0.2, 0) is 9.53 Å². The number of likely N-dealkylation sites (tertiary alicyclic amines) is 1. The van der Waals surface area contributed by atoms with Crippen molar-refractivity contribution in [2.75, 3.05) is 46.3 Å². The van der Waals surface area contributed by atoms with Gasteiger partial charge in [0.05, 0.1) is 20.8 Å². The van der Waals surface area contributed by atoms with Crippen LogP contribution in [0, 0.1) is 0 Å². The van der Waals surface area contributed by atoms with Crippen molar-refractivity contribution in [1.82, 2.24) is 4.90 Å². The number of methoxy groups -OCH3 is 3. The molecule has 6 nitrogen and oxygen atoms in total. The van der Waals surface area contributed by atoms with Crippen molar-refractivity contribution in [2.24, 2.45) is 0 Å². The molecule has 24 heavy (non-hydrogen) atoms. The molecule has 0 unspecified atom stereocenters. The molecule has 9 heteroatoms.